The summed E-state index contributed by atoms with van der Waals surface area (Å²) in [6.07, 6.45) is -3.02. The van der Waals surface area contributed by atoms with E-state index in [-0.39, 0.29) is 5.75 Å². The molecular formula is C10H9BrF3IO. The van der Waals surface area contributed by atoms with Gasteiger partial charge in [0.2, 0.25) is 0 Å². The van der Waals surface area contributed by atoms with E-state index in [0.717, 1.165) is 23.7 Å². The average Bonchev–Trinajstić information content (AvgIpc) is 2.17. The van der Waals surface area contributed by atoms with E-state index in [1.807, 2.05) is 28.7 Å². The van der Waals surface area contributed by atoms with Gasteiger partial charge in [-0.15, -0.1) is 13.2 Å². The van der Waals surface area contributed by atoms with Crippen molar-refractivity contribution in [2.45, 2.75) is 19.2 Å². The molecule has 0 radical (unpaired) electrons. The van der Waals surface area contributed by atoms with Crippen LogP contribution in [0.3, 0.4) is 0 Å². The first kappa shape index (κ1) is 14.1. The molecule has 0 saturated carbocycles. The third-order valence-corrected chi connectivity index (χ3v) is 3.27. The lowest BCUT2D eigenvalue weighted by Gasteiger charge is -2.11. The Balaban J connectivity index is 2.82. The van der Waals surface area contributed by atoms with Gasteiger partial charge >= 0.3 is 6.36 Å². The van der Waals surface area contributed by atoms with E-state index in [4.69, 9.17) is 0 Å². The van der Waals surface area contributed by atoms with Gasteiger partial charge in [0.25, 0.3) is 0 Å². The van der Waals surface area contributed by atoms with E-state index >= 15 is 0 Å². The summed E-state index contributed by atoms with van der Waals surface area (Å²) in [7, 11) is 0. The molecule has 0 fully saturated rings. The Bertz CT molecular complexity index is 354. The van der Waals surface area contributed by atoms with Crippen molar-refractivity contribution in [2.24, 2.45) is 0 Å². The Morgan fingerprint density at radius 2 is 2.00 bits per heavy atom. The third-order valence-electron chi connectivity index (χ3n) is 1.82. The van der Waals surface area contributed by atoms with Gasteiger partial charge in [0, 0.05) is 5.33 Å². The fourth-order valence-electron chi connectivity index (χ4n) is 1.18. The second-order valence-corrected chi connectivity index (χ2v) is 5.06. The highest BCUT2D eigenvalue weighted by molar-refractivity contribution is 14.1. The molecule has 0 saturated heterocycles. The van der Waals surface area contributed by atoms with E-state index in [1.54, 1.807) is 6.07 Å². The summed E-state index contributed by atoms with van der Waals surface area (Å²) in [5, 5.41) is 0.828. The Morgan fingerprint density at radius 1 is 1.31 bits per heavy atom. The van der Waals surface area contributed by atoms with Crippen molar-refractivity contribution in [1.29, 1.82) is 0 Å². The van der Waals surface area contributed by atoms with Crippen LogP contribution in [0.4, 0.5) is 13.2 Å². The van der Waals surface area contributed by atoms with Crippen LogP contribution in [0.15, 0.2) is 18.2 Å². The second kappa shape index (κ2) is 6.09. The Kier molecular flexibility index (Phi) is 5.36. The largest absolute Gasteiger partial charge is 0.573 e. The molecule has 1 aromatic rings. The molecule has 90 valence electrons. The first-order valence-electron chi connectivity index (χ1n) is 4.52. The van der Waals surface area contributed by atoms with Gasteiger partial charge in [0.15, 0.2) is 0 Å². The van der Waals surface area contributed by atoms with Crippen molar-refractivity contribution in [2.75, 3.05) is 5.33 Å². The molecule has 16 heavy (non-hydrogen) atoms. The fraction of sp³-hybridized carbons (Fsp3) is 0.400. The minimum Gasteiger partial charge on any atom is -0.405 e. The third kappa shape index (κ3) is 4.90. The highest BCUT2D eigenvalue weighted by atomic mass is 127. The van der Waals surface area contributed by atoms with Gasteiger partial charge in [-0.05, 0) is 53.1 Å². The van der Waals surface area contributed by atoms with E-state index in [2.05, 4.69) is 20.7 Å². The highest BCUT2D eigenvalue weighted by Crippen LogP contribution is 2.28. The fourth-order valence-corrected chi connectivity index (χ4v) is 1.90. The number of rotatable bonds is 4. The summed E-state index contributed by atoms with van der Waals surface area (Å²) in [5.41, 5.74) is 0.846. The molecule has 0 aromatic heterocycles. The predicted octanol–water partition coefficient (Wildman–Crippen LogP) is 4.52. The summed E-state index contributed by atoms with van der Waals surface area (Å²) in [6.45, 7) is 0. The lowest BCUT2D eigenvalue weighted by molar-refractivity contribution is -0.274. The maximum absolute atomic E-state index is 12.1. The van der Waals surface area contributed by atoms with Gasteiger partial charge < -0.3 is 4.74 Å². The maximum atomic E-state index is 12.1. The molecule has 0 spiro atoms. The van der Waals surface area contributed by atoms with Gasteiger partial charge in [-0.1, -0.05) is 22.0 Å². The zero-order valence-electron chi connectivity index (χ0n) is 8.15. The standard InChI is InChI=1S/C10H9BrF3IO/c11-5-1-2-7-3-4-8(15)9(6-7)16-10(12,13)14/h3-4,6H,1-2,5H2. The van der Waals surface area contributed by atoms with E-state index < -0.39 is 6.36 Å². The van der Waals surface area contributed by atoms with Crippen LogP contribution in [0.2, 0.25) is 0 Å². The molecule has 0 bridgehead atoms. The molecular weight excluding hydrogens is 400 g/mol. The zero-order valence-corrected chi connectivity index (χ0v) is 11.9. The topological polar surface area (TPSA) is 9.23 Å². The molecule has 0 aliphatic heterocycles. The van der Waals surface area contributed by atoms with Crippen LogP contribution >= 0.6 is 38.5 Å². The van der Waals surface area contributed by atoms with Crippen molar-refractivity contribution in [3.8, 4) is 5.75 Å². The zero-order chi connectivity index (χ0) is 12.2. The second-order valence-electron chi connectivity index (χ2n) is 3.11. The lowest BCUT2D eigenvalue weighted by Crippen LogP contribution is -2.17. The Labute approximate surface area is 114 Å². The van der Waals surface area contributed by atoms with Gasteiger partial charge in [-0.3, -0.25) is 0 Å². The number of halogens is 5. The molecule has 0 N–H and O–H groups in total. The normalized spacial score (nSPS) is 11.6. The van der Waals surface area contributed by atoms with Crippen LogP contribution in [0.1, 0.15) is 12.0 Å². The molecule has 0 atom stereocenters. The quantitative estimate of drug-likeness (QED) is 0.525. The first-order chi connectivity index (χ1) is 7.42. The Hall–Kier alpha value is 0.0200. The smallest absolute Gasteiger partial charge is 0.405 e. The van der Waals surface area contributed by atoms with E-state index in [9.17, 15) is 13.2 Å². The van der Waals surface area contributed by atoms with Gasteiger partial charge in [0.1, 0.15) is 5.75 Å². The number of alkyl halides is 4. The first-order valence-corrected chi connectivity index (χ1v) is 6.72. The number of hydrogen-bond acceptors (Lipinski definition) is 1. The Morgan fingerprint density at radius 3 is 2.56 bits per heavy atom. The molecule has 6 heteroatoms. The molecule has 0 aliphatic carbocycles. The molecule has 0 amide bonds. The number of benzene rings is 1. The summed E-state index contributed by atoms with van der Waals surface area (Å²) in [4.78, 5) is 0. The highest BCUT2D eigenvalue weighted by Gasteiger charge is 2.31. The lowest BCUT2D eigenvalue weighted by atomic mass is 10.1. The number of ether oxygens (including phenoxy) is 1. The van der Waals surface area contributed by atoms with Crippen molar-refractivity contribution in [3.05, 3.63) is 27.3 Å². The average molecular weight is 409 g/mol. The maximum Gasteiger partial charge on any atom is 0.573 e. The molecule has 1 nitrogen and oxygen atoms in total. The van der Waals surface area contributed by atoms with Crippen LogP contribution in [-0.2, 0) is 6.42 Å². The number of hydrogen-bond donors (Lipinski definition) is 0. The molecule has 1 rings (SSSR count). The summed E-state index contributed by atoms with van der Waals surface area (Å²) in [5.74, 6) is -0.125. The van der Waals surface area contributed by atoms with Crippen molar-refractivity contribution < 1.29 is 17.9 Å². The minimum atomic E-state index is -4.63. The van der Waals surface area contributed by atoms with Crippen LogP contribution in [0.25, 0.3) is 0 Å². The SMILES string of the molecule is FC(F)(F)Oc1cc(CCCBr)ccc1I. The molecule has 0 heterocycles. The van der Waals surface area contributed by atoms with Crippen molar-refractivity contribution in [3.63, 3.8) is 0 Å². The molecule has 0 aliphatic rings. The summed E-state index contributed by atoms with van der Waals surface area (Å²) >= 11 is 5.10. The minimum absolute atomic E-state index is 0.125. The summed E-state index contributed by atoms with van der Waals surface area (Å²) < 4.78 is 40.6. The van der Waals surface area contributed by atoms with Crippen LogP contribution in [0.5, 0.6) is 5.75 Å². The van der Waals surface area contributed by atoms with Crippen LogP contribution in [0, 0.1) is 3.57 Å². The summed E-state index contributed by atoms with van der Waals surface area (Å²) in [6, 6.07) is 4.89. The predicted molar refractivity (Wildman–Crippen MR) is 68.0 cm³/mol. The van der Waals surface area contributed by atoms with Gasteiger partial charge in [0.05, 0.1) is 3.57 Å². The van der Waals surface area contributed by atoms with Crippen molar-refractivity contribution in [1.82, 2.24) is 0 Å². The van der Waals surface area contributed by atoms with Crippen molar-refractivity contribution >= 4 is 38.5 Å². The molecule has 1 aromatic carbocycles. The monoisotopic (exact) mass is 408 g/mol. The van der Waals surface area contributed by atoms with Crippen LogP contribution < -0.4 is 4.74 Å². The molecule has 0 unspecified atom stereocenters. The number of aryl methyl sites for hydroxylation is 1. The van der Waals surface area contributed by atoms with E-state index in [1.165, 1.54) is 6.07 Å². The van der Waals surface area contributed by atoms with Crippen LogP contribution in [-0.4, -0.2) is 11.7 Å². The van der Waals surface area contributed by atoms with E-state index in [0.29, 0.717) is 3.57 Å². The van der Waals surface area contributed by atoms with Gasteiger partial charge in [-0.25, -0.2) is 0 Å². The van der Waals surface area contributed by atoms with Gasteiger partial charge in [-0.2, -0.15) is 0 Å².